The van der Waals surface area contributed by atoms with E-state index in [1.807, 2.05) is 18.2 Å². The second-order valence-corrected chi connectivity index (χ2v) is 12.7. The van der Waals surface area contributed by atoms with Gasteiger partial charge >= 0.3 is 5.97 Å². The second-order valence-electron chi connectivity index (χ2n) is 10.9. The van der Waals surface area contributed by atoms with Gasteiger partial charge in [-0.3, -0.25) is 0 Å². The van der Waals surface area contributed by atoms with Crippen molar-refractivity contribution in [3.8, 4) is 17.3 Å². The molecule has 0 amide bonds. The molecule has 2 aliphatic heterocycles. The largest absolute Gasteiger partial charge is 0.465 e. The Morgan fingerprint density at radius 2 is 1.90 bits per heavy atom. The standard InChI is InChI=1S/C30H26Cl2N4O4S/c1-38-29(37)16-9-17(13-33)26-24(10-16)41-30(34-26)36-18-7-8-19(36)12-20(11-18)39-14-21-27(35-40-28(21)15-5-6-15)25-22(31)3-2-4-23(25)32/h2-4,9-10,15,18-20H,5-8,11-12,14H2,1H3. The van der Waals surface area contributed by atoms with Crippen molar-refractivity contribution >= 4 is 55.9 Å². The van der Waals surface area contributed by atoms with Crippen LogP contribution in [0.25, 0.3) is 21.5 Å². The van der Waals surface area contributed by atoms with E-state index in [0.717, 1.165) is 59.7 Å². The van der Waals surface area contributed by atoms with Crippen LogP contribution in [0.1, 0.15) is 71.7 Å². The van der Waals surface area contributed by atoms with Gasteiger partial charge in [-0.1, -0.05) is 45.8 Å². The van der Waals surface area contributed by atoms with Gasteiger partial charge in [0.2, 0.25) is 0 Å². The molecule has 41 heavy (non-hydrogen) atoms. The van der Waals surface area contributed by atoms with Crippen molar-refractivity contribution in [1.82, 2.24) is 10.1 Å². The van der Waals surface area contributed by atoms with Crippen LogP contribution in [0, 0.1) is 11.3 Å². The predicted octanol–water partition coefficient (Wildman–Crippen LogP) is 7.51. The molecule has 2 unspecified atom stereocenters. The number of fused-ring (bicyclic) bond motifs is 3. The molecule has 2 bridgehead atoms. The minimum absolute atomic E-state index is 0.0789. The molecule has 3 fully saturated rings. The number of esters is 1. The lowest BCUT2D eigenvalue weighted by Crippen LogP contribution is -2.45. The van der Waals surface area contributed by atoms with Crippen LogP contribution in [0.5, 0.6) is 0 Å². The first-order valence-electron chi connectivity index (χ1n) is 13.7. The molecule has 2 aromatic carbocycles. The molecule has 3 aliphatic rings. The molecule has 0 spiro atoms. The molecule has 7 rings (SSSR count). The quantitative estimate of drug-likeness (QED) is 0.199. The maximum Gasteiger partial charge on any atom is 0.337 e. The van der Waals surface area contributed by atoms with Crippen molar-refractivity contribution < 1.29 is 18.8 Å². The Morgan fingerprint density at radius 1 is 1.17 bits per heavy atom. The monoisotopic (exact) mass is 608 g/mol. The molecule has 2 aromatic heterocycles. The first-order valence-corrected chi connectivity index (χ1v) is 15.3. The average molecular weight is 610 g/mol. The first kappa shape index (κ1) is 26.7. The molecule has 2 saturated heterocycles. The molecule has 4 heterocycles. The molecule has 0 radical (unpaired) electrons. The number of anilines is 1. The van der Waals surface area contributed by atoms with E-state index in [1.54, 1.807) is 12.1 Å². The number of carbonyl (C=O) groups excluding carboxylic acids is 1. The number of aromatic nitrogens is 2. The van der Waals surface area contributed by atoms with E-state index in [0.29, 0.717) is 50.5 Å². The van der Waals surface area contributed by atoms with Crippen molar-refractivity contribution in [3.05, 3.63) is 62.8 Å². The Kier molecular flexibility index (Phi) is 6.90. The number of carbonyl (C=O) groups is 1. The predicted molar refractivity (Wildman–Crippen MR) is 157 cm³/mol. The van der Waals surface area contributed by atoms with E-state index in [2.05, 4.69) is 16.1 Å². The van der Waals surface area contributed by atoms with Gasteiger partial charge in [-0.15, -0.1) is 0 Å². The summed E-state index contributed by atoms with van der Waals surface area (Å²) >= 11 is 14.6. The van der Waals surface area contributed by atoms with Crippen molar-refractivity contribution in [1.29, 1.82) is 5.26 Å². The lowest BCUT2D eigenvalue weighted by atomic mass is 10.00. The van der Waals surface area contributed by atoms with Gasteiger partial charge in [0.1, 0.15) is 23.0 Å². The number of thiazole rings is 1. The molecule has 210 valence electrons. The summed E-state index contributed by atoms with van der Waals surface area (Å²) in [7, 11) is 1.34. The third kappa shape index (κ3) is 4.77. The highest BCUT2D eigenvalue weighted by Gasteiger charge is 2.43. The van der Waals surface area contributed by atoms with Crippen LogP contribution in [0.2, 0.25) is 10.0 Å². The molecular weight excluding hydrogens is 583 g/mol. The minimum Gasteiger partial charge on any atom is -0.465 e. The fraction of sp³-hybridized carbons (Fsp3) is 0.400. The fourth-order valence-corrected chi connectivity index (χ4v) is 8.03. The smallest absolute Gasteiger partial charge is 0.337 e. The number of hydrogen-bond donors (Lipinski definition) is 0. The van der Waals surface area contributed by atoms with E-state index >= 15 is 0 Å². The summed E-state index contributed by atoms with van der Waals surface area (Å²) in [6.45, 7) is 0.388. The molecule has 1 saturated carbocycles. The molecule has 8 nitrogen and oxygen atoms in total. The minimum atomic E-state index is -0.464. The molecular formula is C30H26Cl2N4O4S. The third-order valence-electron chi connectivity index (χ3n) is 8.37. The highest BCUT2D eigenvalue weighted by molar-refractivity contribution is 7.22. The van der Waals surface area contributed by atoms with Gasteiger partial charge in [-0.05, 0) is 62.8 Å². The fourth-order valence-electron chi connectivity index (χ4n) is 6.27. The summed E-state index contributed by atoms with van der Waals surface area (Å²) in [5.74, 6) is 0.783. The zero-order chi connectivity index (χ0) is 28.2. The van der Waals surface area contributed by atoms with Gasteiger partial charge in [0.25, 0.3) is 0 Å². The van der Waals surface area contributed by atoms with Crippen molar-refractivity contribution in [2.24, 2.45) is 0 Å². The van der Waals surface area contributed by atoms with Crippen LogP contribution in [0.4, 0.5) is 5.13 Å². The van der Waals surface area contributed by atoms with Gasteiger partial charge < -0.3 is 18.9 Å². The van der Waals surface area contributed by atoms with Crippen LogP contribution >= 0.6 is 34.5 Å². The van der Waals surface area contributed by atoms with Crippen LogP contribution in [0.3, 0.4) is 0 Å². The highest BCUT2D eigenvalue weighted by Crippen LogP contribution is 2.47. The number of benzene rings is 2. The molecule has 4 aromatic rings. The van der Waals surface area contributed by atoms with Crippen LogP contribution < -0.4 is 4.90 Å². The summed E-state index contributed by atoms with van der Waals surface area (Å²) < 4.78 is 18.1. The van der Waals surface area contributed by atoms with Gasteiger partial charge in [0.15, 0.2) is 5.13 Å². The van der Waals surface area contributed by atoms with E-state index in [1.165, 1.54) is 18.4 Å². The maximum absolute atomic E-state index is 12.1. The van der Waals surface area contributed by atoms with Gasteiger partial charge in [-0.25, -0.2) is 9.78 Å². The Hall–Kier alpha value is -3.16. The first-order chi connectivity index (χ1) is 19.9. The lowest BCUT2D eigenvalue weighted by molar-refractivity contribution is 0.0147. The summed E-state index contributed by atoms with van der Waals surface area (Å²) in [6, 6.07) is 11.5. The summed E-state index contributed by atoms with van der Waals surface area (Å²) in [5, 5.41) is 16.1. The zero-order valence-electron chi connectivity index (χ0n) is 22.2. The zero-order valence-corrected chi connectivity index (χ0v) is 24.6. The summed E-state index contributed by atoms with van der Waals surface area (Å²) in [4.78, 5) is 19.4. The average Bonchev–Trinajstić information content (AvgIpc) is 3.50. The summed E-state index contributed by atoms with van der Waals surface area (Å²) in [5.41, 5.74) is 3.65. The molecule has 11 heteroatoms. The number of piperidine rings is 1. The number of ether oxygens (including phenoxy) is 2. The summed E-state index contributed by atoms with van der Waals surface area (Å²) in [6.07, 6.45) is 6.10. The van der Waals surface area contributed by atoms with Gasteiger partial charge in [0, 0.05) is 29.1 Å². The normalized spacial score (nSPS) is 21.8. The molecule has 0 N–H and O–H groups in total. The number of hydrogen-bond acceptors (Lipinski definition) is 9. The van der Waals surface area contributed by atoms with E-state index in [9.17, 15) is 10.1 Å². The molecule has 2 atom stereocenters. The Balaban J connectivity index is 1.11. The van der Waals surface area contributed by atoms with E-state index < -0.39 is 5.97 Å². The van der Waals surface area contributed by atoms with Crippen molar-refractivity contribution in [2.45, 2.75) is 69.2 Å². The van der Waals surface area contributed by atoms with Crippen LogP contribution in [0.15, 0.2) is 34.9 Å². The second kappa shape index (κ2) is 10.6. The number of rotatable bonds is 7. The van der Waals surface area contributed by atoms with E-state index in [-0.39, 0.29) is 18.2 Å². The molecule has 1 aliphatic carbocycles. The van der Waals surface area contributed by atoms with Crippen molar-refractivity contribution in [2.75, 3.05) is 12.0 Å². The highest BCUT2D eigenvalue weighted by atomic mass is 35.5. The Labute approximate surface area is 250 Å². The van der Waals surface area contributed by atoms with E-state index in [4.69, 9.17) is 42.2 Å². The Morgan fingerprint density at radius 3 is 2.56 bits per heavy atom. The Bertz CT molecular complexity index is 1670. The van der Waals surface area contributed by atoms with Crippen molar-refractivity contribution in [3.63, 3.8) is 0 Å². The van der Waals surface area contributed by atoms with Gasteiger partial charge in [-0.2, -0.15) is 5.26 Å². The van der Waals surface area contributed by atoms with Crippen LogP contribution in [-0.4, -0.2) is 41.4 Å². The number of nitriles is 1. The third-order valence-corrected chi connectivity index (χ3v) is 10.0. The topological polar surface area (TPSA) is 101 Å². The SMILES string of the molecule is COC(=O)c1cc(C#N)c2nc(N3C4CCC3CC(OCc3c(-c5c(Cl)cccc5Cl)noc3C3CC3)C4)sc2c1. The van der Waals surface area contributed by atoms with Crippen LogP contribution in [-0.2, 0) is 16.1 Å². The number of nitrogens with zero attached hydrogens (tertiary/aromatic N) is 4. The van der Waals surface area contributed by atoms with Gasteiger partial charge in [0.05, 0.1) is 45.7 Å². The number of methoxy groups -OCH3 is 1. The number of halogens is 2. The lowest BCUT2D eigenvalue weighted by Gasteiger charge is -2.38. The maximum atomic E-state index is 12.1.